The van der Waals surface area contributed by atoms with Crippen LogP contribution < -0.4 is 10.2 Å². The van der Waals surface area contributed by atoms with Gasteiger partial charge in [0.25, 0.3) is 0 Å². The van der Waals surface area contributed by atoms with Gasteiger partial charge in [-0.05, 0) is 31.3 Å². The number of nitrogens with zero attached hydrogens (tertiary/aromatic N) is 4. The summed E-state index contributed by atoms with van der Waals surface area (Å²) in [4.78, 5) is 14.1. The molecule has 1 fully saturated rings. The predicted molar refractivity (Wildman–Crippen MR) is 108 cm³/mol. The molecule has 1 aromatic heterocycles. The Morgan fingerprint density at radius 1 is 0.962 bits per heavy atom. The third-order valence-corrected chi connectivity index (χ3v) is 4.49. The maximum Gasteiger partial charge on any atom is 0.229 e. The summed E-state index contributed by atoms with van der Waals surface area (Å²) in [5.41, 5.74) is 1.67. The number of fused-ring (bicyclic) bond motifs is 1. The molecule has 0 atom stereocenters. The van der Waals surface area contributed by atoms with Gasteiger partial charge in [-0.25, -0.2) is 4.98 Å². The number of halogens is 1. The van der Waals surface area contributed by atoms with E-state index in [2.05, 4.69) is 33.2 Å². The van der Waals surface area contributed by atoms with Gasteiger partial charge in [0.15, 0.2) is 0 Å². The molecule has 26 heavy (non-hydrogen) atoms. The largest absolute Gasteiger partial charge is 0.508 e. The molecule has 1 aliphatic heterocycles. The summed E-state index contributed by atoms with van der Waals surface area (Å²) < 4.78 is 0. The van der Waals surface area contributed by atoms with Gasteiger partial charge < -0.3 is 20.2 Å². The summed E-state index contributed by atoms with van der Waals surface area (Å²) in [6.45, 7) is 3.94. The topological polar surface area (TPSA) is 64.5 Å². The first-order chi connectivity index (χ1) is 12.2. The van der Waals surface area contributed by atoms with Crippen molar-refractivity contribution in [1.29, 1.82) is 0 Å². The number of piperazine rings is 1. The lowest BCUT2D eigenvalue weighted by atomic mass is 10.2. The van der Waals surface area contributed by atoms with E-state index in [0.29, 0.717) is 5.95 Å². The maximum absolute atomic E-state index is 9.65. The fourth-order valence-electron chi connectivity index (χ4n) is 3.09. The zero-order chi connectivity index (χ0) is 17.2. The number of aromatic hydroxyl groups is 1. The lowest BCUT2D eigenvalue weighted by Gasteiger charge is -2.33. The summed E-state index contributed by atoms with van der Waals surface area (Å²) in [7, 11) is 2.14. The van der Waals surface area contributed by atoms with E-state index in [-0.39, 0.29) is 18.2 Å². The molecule has 0 spiro atoms. The number of para-hydroxylation sites is 1. The van der Waals surface area contributed by atoms with Crippen LogP contribution in [0.1, 0.15) is 0 Å². The first-order valence-electron chi connectivity index (χ1n) is 8.45. The second-order valence-corrected chi connectivity index (χ2v) is 6.35. The molecule has 2 N–H and O–H groups in total. The molecule has 6 nitrogen and oxygen atoms in total. The molecule has 2 aromatic carbocycles. The number of nitrogens with one attached hydrogen (secondary N) is 1. The Morgan fingerprint density at radius 2 is 1.73 bits per heavy atom. The quantitative estimate of drug-likeness (QED) is 0.736. The number of rotatable bonds is 3. The normalized spacial score (nSPS) is 14.9. The molecular weight excluding hydrogens is 350 g/mol. The number of likely N-dealkylation sites (N-methyl/N-ethyl adjacent to an activating group) is 1. The van der Waals surface area contributed by atoms with Gasteiger partial charge in [-0.2, -0.15) is 4.98 Å². The molecule has 136 valence electrons. The van der Waals surface area contributed by atoms with E-state index in [1.165, 1.54) is 0 Å². The van der Waals surface area contributed by atoms with Gasteiger partial charge in [-0.15, -0.1) is 12.4 Å². The second kappa shape index (κ2) is 7.76. The molecule has 0 aliphatic carbocycles. The van der Waals surface area contributed by atoms with Crippen LogP contribution in [0.25, 0.3) is 10.9 Å². The summed E-state index contributed by atoms with van der Waals surface area (Å²) in [6.07, 6.45) is 0. The van der Waals surface area contributed by atoms with Crippen LogP contribution in [0.4, 0.5) is 17.5 Å². The van der Waals surface area contributed by atoms with Gasteiger partial charge in [0.2, 0.25) is 5.95 Å². The fourth-order valence-corrected chi connectivity index (χ4v) is 3.09. The average Bonchev–Trinajstić information content (AvgIpc) is 2.62. The number of benzene rings is 2. The van der Waals surface area contributed by atoms with Crippen LogP contribution in [0, 0.1) is 0 Å². The van der Waals surface area contributed by atoms with Crippen LogP contribution in [-0.4, -0.2) is 53.2 Å². The third kappa shape index (κ3) is 3.81. The summed E-state index contributed by atoms with van der Waals surface area (Å²) in [6, 6.07) is 15.1. The fraction of sp³-hybridized carbons (Fsp3) is 0.263. The van der Waals surface area contributed by atoms with Crippen molar-refractivity contribution in [3.8, 4) is 5.75 Å². The van der Waals surface area contributed by atoms with E-state index >= 15 is 0 Å². The zero-order valence-corrected chi connectivity index (χ0v) is 15.4. The van der Waals surface area contributed by atoms with Crippen LogP contribution in [0.15, 0.2) is 48.5 Å². The lowest BCUT2D eigenvalue weighted by Crippen LogP contribution is -2.45. The van der Waals surface area contributed by atoms with Crippen molar-refractivity contribution in [2.45, 2.75) is 0 Å². The molecule has 1 saturated heterocycles. The minimum atomic E-state index is 0. The standard InChI is InChI=1S/C19H21N5O.ClH/c1-23-9-11-24(12-10-23)18-16-7-2-3-8-17(16)21-19(22-18)20-14-5-4-6-15(25)13-14;/h2-8,13,25H,9-12H2,1H3,(H,20,21,22);1H. The van der Waals surface area contributed by atoms with Gasteiger partial charge in [0.1, 0.15) is 11.6 Å². The Kier molecular flexibility index (Phi) is 5.44. The summed E-state index contributed by atoms with van der Waals surface area (Å²) in [5, 5.41) is 13.9. The summed E-state index contributed by atoms with van der Waals surface area (Å²) in [5.74, 6) is 1.71. The van der Waals surface area contributed by atoms with Crippen molar-refractivity contribution >= 4 is 40.8 Å². The number of aromatic nitrogens is 2. The van der Waals surface area contributed by atoms with Crippen molar-refractivity contribution in [3.63, 3.8) is 0 Å². The Morgan fingerprint density at radius 3 is 2.50 bits per heavy atom. The minimum Gasteiger partial charge on any atom is -0.508 e. The Hall–Kier alpha value is -2.57. The van der Waals surface area contributed by atoms with Crippen molar-refractivity contribution in [3.05, 3.63) is 48.5 Å². The van der Waals surface area contributed by atoms with Crippen LogP contribution in [0.5, 0.6) is 5.75 Å². The number of phenols is 1. The molecule has 0 saturated carbocycles. The SMILES string of the molecule is CN1CCN(c2nc(Nc3cccc(O)c3)nc3ccccc23)CC1.Cl. The monoisotopic (exact) mass is 371 g/mol. The highest BCUT2D eigenvalue weighted by Crippen LogP contribution is 2.27. The first kappa shape index (κ1) is 18.2. The van der Waals surface area contributed by atoms with E-state index in [1.807, 2.05) is 24.3 Å². The first-order valence-corrected chi connectivity index (χ1v) is 8.45. The van der Waals surface area contributed by atoms with Crippen molar-refractivity contribution in [2.24, 2.45) is 0 Å². The van der Waals surface area contributed by atoms with E-state index in [0.717, 1.165) is 48.6 Å². The average molecular weight is 372 g/mol. The van der Waals surface area contributed by atoms with E-state index in [1.54, 1.807) is 18.2 Å². The van der Waals surface area contributed by atoms with Crippen molar-refractivity contribution in [2.75, 3.05) is 43.4 Å². The third-order valence-electron chi connectivity index (χ3n) is 4.49. The molecule has 0 amide bonds. The predicted octanol–water partition coefficient (Wildman–Crippen LogP) is 3.25. The van der Waals surface area contributed by atoms with Crippen LogP contribution >= 0.6 is 12.4 Å². The molecule has 0 bridgehead atoms. The van der Waals surface area contributed by atoms with Crippen LogP contribution in [0.2, 0.25) is 0 Å². The van der Waals surface area contributed by atoms with Gasteiger partial charge in [-0.1, -0.05) is 18.2 Å². The number of hydrogen-bond acceptors (Lipinski definition) is 6. The second-order valence-electron chi connectivity index (χ2n) is 6.35. The van der Waals surface area contributed by atoms with E-state index < -0.39 is 0 Å². The highest BCUT2D eigenvalue weighted by Gasteiger charge is 2.19. The highest BCUT2D eigenvalue weighted by atomic mass is 35.5. The molecule has 1 aliphatic rings. The molecule has 4 rings (SSSR count). The number of hydrogen-bond donors (Lipinski definition) is 2. The van der Waals surface area contributed by atoms with Crippen molar-refractivity contribution < 1.29 is 5.11 Å². The molecule has 0 radical (unpaired) electrons. The molecule has 2 heterocycles. The van der Waals surface area contributed by atoms with E-state index in [9.17, 15) is 5.11 Å². The molecule has 7 heteroatoms. The zero-order valence-electron chi connectivity index (χ0n) is 14.6. The Bertz CT molecular complexity index is 896. The lowest BCUT2D eigenvalue weighted by molar-refractivity contribution is 0.312. The van der Waals surface area contributed by atoms with Gasteiger partial charge in [0, 0.05) is 43.3 Å². The van der Waals surface area contributed by atoms with Gasteiger partial charge in [0.05, 0.1) is 5.52 Å². The Labute approximate surface area is 158 Å². The maximum atomic E-state index is 9.65. The molecular formula is C19H22ClN5O. The smallest absolute Gasteiger partial charge is 0.229 e. The van der Waals surface area contributed by atoms with Gasteiger partial charge in [-0.3, -0.25) is 0 Å². The Balaban J connectivity index is 0.00000196. The summed E-state index contributed by atoms with van der Waals surface area (Å²) >= 11 is 0. The van der Waals surface area contributed by atoms with E-state index in [4.69, 9.17) is 4.98 Å². The molecule has 0 unspecified atom stereocenters. The van der Waals surface area contributed by atoms with Crippen LogP contribution in [0.3, 0.4) is 0 Å². The minimum absolute atomic E-state index is 0. The number of anilines is 3. The van der Waals surface area contributed by atoms with Crippen molar-refractivity contribution in [1.82, 2.24) is 14.9 Å². The molecule has 3 aromatic rings. The highest BCUT2D eigenvalue weighted by molar-refractivity contribution is 5.90. The van der Waals surface area contributed by atoms with Gasteiger partial charge >= 0.3 is 0 Å². The van der Waals surface area contributed by atoms with Crippen LogP contribution in [-0.2, 0) is 0 Å². The number of phenolic OH excluding ortho intramolecular Hbond substituents is 1.